The van der Waals surface area contributed by atoms with Gasteiger partial charge in [-0.3, -0.25) is 4.79 Å². The molecule has 2 rings (SSSR count). The number of hydrogen-bond donors (Lipinski definition) is 1. The van der Waals surface area contributed by atoms with Crippen LogP contribution in [-0.2, 0) is 6.54 Å². The van der Waals surface area contributed by atoms with Gasteiger partial charge >= 0.3 is 0 Å². The van der Waals surface area contributed by atoms with Crippen LogP contribution in [0, 0.1) is 0 Å². The Kier molecular flexibility index (Phi) is 4.03. The summed E-state index contributed by atoms with van der Waals surface area (Å²) < 4.78 is 2.08. The topological polar surface area (TPSA) is 50.7 Å². The molecule has 0 radical (unpaired) electrons. The summed E-state index contributed by atoms with van der Waals surface area (Å²) in [5.41, 5.74) is 0.658. The maximum absolute atomic E-state index is 11.8. The first-order valence-electron chi connectivity index (χ1n) is 5.61. The van der Waals surface area contributed by atoms with Gasteiger partial charge in [0, 0.05) is 25.1 Å². The summed E-state index contributed by atoms with van der Waals surface area (Å²) in [6.07, 6.45) is 6.55. The minimum absolute atomic E-state index is 0.103. The molecule has 0 bridgehead atoms. The molecule has 0 saturated carbocycles. The molecule has 0 aliphatic carbocycles. The van der Waals surface area contributed by atoms with Gasteiger partial charge in [0.25, 0.3) is 0 Å². The molecule has 0 unspecified atom stereocenters. The second kappa shape index (κ2) is 5.72. The summed E-state index contributed by atoms with van der Waals surface area (Å²) in [6.45, 7) is 3.07. The highest BCUT2D eigenvalue weighted by Crippen LogP contribution is 2.17. The monoisotopic (exact) mass is 249 g/mol. The number of rotatable bonds is 6. The van der Waals surface area contributed by atoms with E-state index in [2.05, 4.69) is 21.5 Å². The van der Waals surface area contributed by atoms with Crippen LogP contribution in [0.2, 0.25) is 0 Å². The van der Waals surface area contributed by atoms with Crippen LogP contribution >= 0.6 is 11.8 Å². The normalized spacial score (nSPS) is 10.6. The summed E-state index contributed by atoms with van der Waals surface area (Å²) in [6, 6.07) is 3.62. The van der Waals surface area contributed by atoms with Gasteiger partial charge < -0.3 is 9.55 Å². The third-order valence-corrected chi connectivity index (χ3v) is 3.38. The zero-order chi connectivity index (χ0) is 12.1. The van der Waals surface area contributed by atoms with Crippen LogP contribution in [0.3, 0.4) is 0 Å². The lowest BCUT2D eigenvalue weighted by atomic mass is 10.3. The van der Waals surface area contributed by atoms with Crippen LogP contribution in [0.25, 0.3) is 0 Å². The Morgan fingerprint density at radius 3 is 3.18 bits per heavy atom. The van der Waals surface area contributed by atoms with Gasteiger partial charge in [-0.05, 0) is 18.6 Å². The zero-order valence-corrected chi connectivity index (χ0v) is 10.5. The predicted octanol–water partition coefficient (Wildman–Crippen LogP) is 2.60. The summed E-state index contributed by atoms with van der Waals surface area (Å²) >= 11 is 1.48. The molecule has 0 aliphatic heterocycles. The van der Waals surface area contributed by atoms with Gasteiger partial charge in [-0.25, -0.2) is 4.98 Å². The molecule has 5 heteroatoms. The number of carbonyl (C=O) groups is 1. The Balaban J connectivity index is 1.93. The molecule has 2 aromatic heterocycles. The van der Waals surface area contributed by atoms with Crippen LogP contribution < -0.4 is 0 Å². The number of nitrogens with zero attached hydrogens (tertiary/aromatic N) is 2. The van der Waals surface area contributed by atoms with Crippen LogP contribution in [0.1, 0.15) is 23.8 Å². The molecule has 0 saturated heterocycles. The van der Waals surface area contributed by atoms with Crippen LogP contribution in [0.4, 0.5) is 0 Å². The lowest BCUT2D eigenvalue weighted by Crippen LogP contribution is -2.04. The van der Waals surface area contributed by atoms with Gasteiger partial charge in [0.2, 0.25) is 0 Å². The number of thioether (sulfide) groups is 1. The first-order valence-corrected chi connectivity index (χ1v) is 6.60. The Hall–Kier alpha value is -1.49. The Morgan fingerprint density at radius 2 is 2.47 bits per heavy atom. The van der Waals surface area contributed by atoms with Crippen molar-refractivity contribution in [1.29, 1.82) is 0 Å². The van der Waals surface area contributed by atoms with Gasteiger partial charge in [0.05, 0.1) is 11.4 Å². The van der Waals surface area contributed by atoms with Gasteiger partial charge in [0.15, 0.2) is 10.9 Å². The summed E-state index contributed by atoms with van der Waals surface area (Å²) in [7, 11) is 0. The van der Waals surface area contributed by atoms with E-state index in [-0.39, 0.29) is 5.78 Å². The summed E-state index contributed by atoms with van der Waals surface area (Å²) in [5, 5.41) is 0.909. The molecular weight excluding hydrogens is 234 g/mol. The molecule has 2 aromatic rings. The van der Waals surface area contributed by atoms with Crippen molar-refractivity contribution in [2.45, 2.75) is 25.0 Å². The van der Waals surface area contributed by atoms with Crippen LogP contribution in [0.5, 0.6) is 0 Å². The van der Waals surface area contributed by atoms with Crippen LogP contribution in [0.15, 0.2) is 35.9 Å². The maximum Gasteiger partial charge on any atom is 0.189 e. The number of Topliss-reactive ketones (excluding diaryl/α,β-unsaturated/α-hetero) is 1. The summed E-state index contributed by atoms with van der Waals surface area (Å²) in [5.74, 6) is 0.521. The fourth-order valence-electron chi connectivity index (χ4n) is 1.56. The number of carbonyl (C=O) groups excluding carboxylic acids is 1. The quantitative estimate of drug-likeness (QED) is 0.632. The standard InChI is InChI=1S/C12H15N3OS/c1-2-7-15-8-6-14-12(15)17-9-11(16)10-4-3-5-13-10/h3-6,8,13H,2,7,9H2,1H3. The molecule has 17 heavy (non-hydrogen) atoms. The number of aromatic amines is 1. The van der Waals surface area contributed by atoms with E-state index in [0.717, 1.165) is 18.1 Å². The first-order chi connectivity index (χ1) is 8.31. The van der Waals surface area contributed by atoms with E-state index in [4.69, 9.17) is 0 Å². The van der Waals surface area contributed by atoms with Crippen molar-refractivity contribution in [3.8, 4) is 0 Å². The number of H-pyrrole nitrogens is 1. The molecule has 0 amide bonds. The van der Waals surface area contributed by atoms with E-state index >= 15 is 0 Å². The van der Waals surface area contributed by atoms with Gasteiger partial charge in [-0.1, -0.05) is 18.7 Å². The fourth-order valence-corrected chi connectivity index (χ4v) is 2.43. The van der Waals surface area contributed by atoms with Gasteiger partial charge in [0.1, 0.15) is 0 Å². The number of ketones is 1. The smallest absolute Gasteiger partial charge is 0.189 e. The van der Waals surface area contributed by atoms with E-state index in [1.807, 2.05) is 12.3 Å². The van der Waals surface area contributed by atoms with E-state index in [0.29, 0.717) is 11.4 Å². The Bertz CT molecular complexity index is 476. The first kappa shape index (κ1) is 12.0. The molecule has 1 N–H and O–H groups in total. The molecule has 0 aliphatic rings. The third kappa shape index (κ3) is 3.00. The van der Waals surface area contributed by atoms with E-state index in [1.165, 1.54) is 11.8 Å². The van der Waals surface area contributed by atoms with Crippen molar-refractivity contribution < 1.29 is 4.79 Å². The third-order valence-electron chi connectivity index (χ3n) is 2.37. The number of nitrogens with one attached hydrogen (secondary N) is 1. The maximum atomic E-state index is 11.8. The molecule has 4 nitrogen and oxygen atoms in total. The van der Waals surface area contributed by atoms with Crippen molar-refractivity contribution in [2.24, 2.45) is 0 Å². The summed E-state index contributed by atoms with van der Waals surface area (Å²) in [4.78, 5) is 18.9. The fraction of sp³-hybridized carbons (Fsp3) is 0.333. The highest BCUT2D eigenvalue weighted by Gasteiger charge is 2.09. The molecule has 0 atom stereocenters. The zero-order valence-electron chi connectivity index (χ0n) is 9.72. The highest BCUT2D eigenvalue weighted by atomic mass is 32.2. The number of imidazole rings is 1. The minimum atomic E-state index is 0.103. The van der Waals surface area contributed by atoms with Crippen molar-refractivity contribution in [3.05, 3.63) is 36.4 Å². The number of hydrogen-bond acceptors (Lipinski definition) is 3. The van der Waals surface area contributed by atoms with Crippen LogP contribution in [-0.4, -0.2) is 26.1 Å². The number of aryl methyl sites for hydroxylation is 1. The molecule has 2 heterocycles. The second-order valence-corrected chi connectivity index (χ2v) is 4.64. The van der Waals surface area contributed by atoms with Gasteiger partial charge in [-0.2, -0.15) is 0 Å². The Morgan fingerprint density at radius 1 is 1.59 bits per heavy atom. The molecule has 0 spiro atoms. The van der Waals surface area contributed by atoms with E-state index in [1.54, 1.807) is 18.5 Å². The van der Waals surface area contributed by atoms with E-state index < -0.39 is 0 Å². The molecule has 0 fully saturated rings. The minimum Gasteiger partial charge on any atom is -0.359 e. The SMILES string of the molecule is CCCn1ccnc1SCC(=O)c1ccc[nH]1. The molecular formula is C12H15N3OS. The second-order valence-electron chi connectivity index (χ2n) is 3.70. The van der Waals surface area contributed by atoms with Crippen molar-refractivity contribution >= 4 is 17.5 Å². The van der Waals surface area contributed by atoms with Crippen molar-refractivity contribution in [2.75, 3.05) is 5.75 Å². The highest BCUT2D eigenvalue weighted by molar-refractivity contribution is 7.99. The van der Waals surface area contributed by atoms with Gasteiger partial charge in [-0.15, -0.1) is 0 Å². The largest absolute Gasteiger partial charge is 0.359 e. The molecule has 0 aromatic carbocycles. The van der Waals surface area contributed by atoms with Crippen molar-refractivity contribution in [1.82, 2.24) is 14.5 Å². The molecule has 90 valence electrons. The Labute approximate surface area is 104 Å². The number of aromatic nitrogens is 3. The predicted molar refractivity (Wildman–Crippen MR) is 68.4 cm³/mol. The lowest BCUT2D eigenvalue weighted by Gasteiger charge is -2.04. The average Bonchev–Trinajstić information content (AvgIpc) is 2.97. The van der Waals surface area contributed by atoms with E-state index in [9.17, 15) is 4.79 Å². The lowest BCUT2D eigenvalue weighted by molar-refractivity contribution is 0.101. The average molecular weight is 249 g/mol. The van der Waals surface area contributed by atoms with Crippen molar-refractivity contribution in [3.63, 3.8) is 0 Å².